The van der Waals surface area contributed by atoms with Crippen LogP contribution in [-0.2, 0) is 4.74 Å². The van der Waals surface area contributed by atoms with E-state index in [0.717, 1.165) is 6.42 Å². The minimum absolute atomic E-state index is 0.116. The van der Waals surface area contributed by atoms with E-state index in [9.17, 15) is 0 Å². The molecule has 2 rings (SSSR count). The normalized spacial score (nSPS) is 62.5. The molecule has 3 unspecified atom stereocenters. The van der Waals surface area contributed by atoms with Crippen LogP contribution in [0, 0.1) is 0 Å². The molecule has 1 aliphatic heterocycles. The van der Waals surface area contributed by atoms with Crippen molar-refractivity contribution in [3.05, 3.63) is 0 Å². The van der Waals surface area contributed by atoms with Crippen LogP contribution in [0.5, 0.6) is 0 Å². The number of epoxide rings is 1. The number of hydrogen-bond acceptors (Lipinski definition) is 2. The van der Waals surface area contributed by atoms with Crippen LogP contribution in [0.15, 0.2) is 0 Å². The van der Waals surface area contributed by atoms with Gasteiger partial charge in [-0.3, -0.25) is 0 Å². The first-order valence-electron chi connectivity index (χ1n) is 2.21. The van der Waals surface area contributed by atoms with Gasteiger partial charge in [0.05, 0.1) is 12.2 Å². The van der Waals surface area contributed by atoms with Crippen LogP contribution in [-0.4, -0.2) is 23.4 Å². The Balaban J connectivity index is 2.08. The van der Waals surface area contributed by atoms with Crippen LogP contribution in [0.4, 0.5) is 0 Å². The Morgan fingerprint density at radius 1 is 1.67 bits per heavy atom. The predicted octanol–water partition coefficient (Wildman–Crippen LogP) is -0.482. The fourth-order valence-electron chi connectivity index (χ4n) is 0.861. The van der Waals surface area contributed by atoms with E-state index in [-0.39, 0.29) is 12.2 Å². The second-order valence-corrected chi connectivity index (χ2v) is 1.94. The number of fused-ring (bicyclic) bond motifs is 1. The van der Waals surface area contributed by atoms with Crippen LogP contribution in [0.25, 0.3) is 0 Å². The molecule has 1 aliphatic carbocycles. The van der Waals surface area contributed by atoms with E-state index in [4.69, 9.17) is 9.84 Å². The highest BCUT2D eigenvalue weighted by Crippen LogP contribution is 2.41. The maximum atomic E-state index is 8.63. The number of hydrogen-bond donors (Lipinski definition) is 1. The molecule has 6 heavy (non-hydrogen) atoms. The molecule has 2 heteroatoms. The van der Waals surface area contributed by atoms with Gasteiger partial charge in [-0.05, 0) is 0 Å². The molecule has 34 valence electrons. The molecule has 1 saturated carbocycles. The van der Waals surface area contributed by atoms with Crippen molar-refractivity contribution in [3.63, 3.8) is 0 Å². The van der Waals surface area contributed by atoms with Gasteiger partial charge in [0.15, 0.2) is 0 Å². The van der Waals surface area contributed by atoms with E-state index in [1.54, 1.807) is 0 Å². The lowest BCUT2D eigenvalue weighted by Gasteiger charge is -2.10. The highest BCUT2D eigenvalue weighted by Gasteiger charge is 2.55. The Morgan fingerprint density at radius 2 is 2.50 bits per heavy atom. The summed E-state index contributed by atoms with van der Waals surface area (Å²) in [5, 5.41) is 8.63. The quantitative estimate of drug-likeness (QED) is 0.404. The lowest BCUT2D eigenvalue weighted by molar-refractivity contribution is 0.121. The lowest BCUT2D eigenvalue weighted by atomic mass is 9.97. The summed E-state index contributed by atoms with van der Waals surface area (Å²) in [5.41, 5.74) is 0. The molecule has 2 aliphatic rings. The average molecular weight is 86.1 g/mol. The Labute approximate surface area is 35.7 Å². The van der Waals surface area contributed by atoms with Gasteiger partial charge in [0, 0.05) is 6.42 Å². The van der Waals surface area contributed by atoms with Gasteiger partial charge in [-0.25, -0.2) is 0 Å². The third kappa shape index (κ3) is 0.172. The van der Waals surface area contributed by atoms with Gasteiger partial charge in [0.2, 0.25) is 0 Å². The van der Waals surface area contributed by atoms with E-state index in [0.29, 0.717) is 6.10 Å². The maximum Gasteiger partial charge on any atom is 0.110 e. The molecule has 0 aromatic heterocycles. The van der Waals surface area contributed by atoms with Crippen molar-refractivity contribution in [2.24, 2.45) is 0 Å². The molecule has 0 amide bonds. The highest BCUT2D eigenvalue weighted by atomic mass is 16.6. The Hall–Kier alpha value is -0.0800. The van der Waals surface area contributed by atoms with Crippen molar-refractivity contribution in [2.75, 3.05) is 0 Å². The van der Waals surface area contributed by atoms with Crippen molar-refractivity contribution >= 4 is 0 Å². The van der Waals surface area contributed by atoms with Gasteiger partial charge < -0.3 is 9.84 Å². The number of rotatable bonds is 0. The largest absolute Gasteiger partial charge is 0.390 e. The summed E-state index contributed by atoms with van der Waals surface area (Å²) in [7, 11) is 0. The third-order valence-corrected chi connectivity index (χ3v) is 1.47. The average Bonchev–Trinajstić information content (AvgIpc) is 2.12. The number of aliphatic hydroxyl groups is 1. The van der Waals surface area contributed by atoms with Gasteiger partial charge >= 0.3 is 0 Å². The molecule has 1 heterocycles. The zero-order chi connectivity index (χ0) is 4.15. The van der Waals surface area contributed by atoms with Crippen LogP contribution in [0.2, 0.25) is 0 Å². The third-order valence-electron chi connectivity index (χ3n) is 1.47. The first kappa shape index (κ1) is 2.99. The van der Waals surface area contributed by atoms with Crippen molar-refractivity contribution in [3.8, 4) is 0 Å². The summed E-state index contributed by atoms with van der Waals surface area (Å²) in [4.78, 5) is 0. The molecule has 2 nitrogen and oxygen atoms in total. The van der Waals surface area contributed by atoms with Crippen molar-refractivity contribution in [2.45, 2.75) is 24.7 Å². The molecule has 0 bridgehead atoms. The topological polar surface area (TPSA) is 32.8 Å². The molecule has 2 fully saturated rings. The fraction of sp³-hybridized carbons (Fsp3) is 1.00. The molecule has 0 radical (unpaired) electrons. The zero-order valence-electron chi connectivity index (χ0n) is 3.29. The van der Waals surface area contributed by atoms with Gasteiger partial charge in [-0.2, -0.15) is 0 Å². The van der Waals surface area contributed by atoms with Crippen molar-refractivity contribution in [1.29, 1.82) is 0 Å². The Kier molecular flexibility index (Phi) is 0.316. The van der Waals surface area contributed by atoms with E-state index in [2.05, 4.69) is 0 Å². The molecule has 1 saturated heterocycles. The standard InChI is InChI=1S/C4H6O2/c5-2-1-3-4(2)6-3/h2-5H,1H2. The molecule has 0 spiro atoms. The predicted molar refractivity (Wildman–Crippen MR) is 19.3 cm³/mol. The van der Waals surface area contributed by atoms with E-state index >= 15 is 0 Å². The second-order valence-electron chi connectivity index (χ2n) is 1.94. The van der Waals surface area contributed by atoms with Crippen LogP contribution < -0.4 is 0 Å². The van der Waals surface area contributed by atoms with Gasteiger partial charge in [0.1, 0.15) is 6.10 Å². The van der Waals surface area contributed by atoms with E-state index in [1.165, 1.54) is 0 Å². The number of ether oxygens (including phenoxy) is 1. The Morgan fingerprint density at radius 3 is 2.50 bits per heavy atom. The summed E-state index contributed by atoms with van der Waals surface area (Å²) in [6, 6.07) is 0. The fourth-order valence-corrected chi connectivity index (χ4v) is 0.861. The zero-order valence-corrected chi connectivity index (χ0v) is 3.29. The SMILES string of the molecule is OC1CC2OC12. The summed E-state index contributed by atoms with van der Waals surface area (Å²) >= 11 is 0. The summed E-state index contributed by atoms with van der Waals surface area (Å²) in [6.07, 6.45) is 1.48. The summed E-state index contributed by atoms with van der Waals surface area (Å²) in [5.74, 6) is 0. The molecule has 0 aromatic rings. The minimum Gasteiger partial charge on any atom is -0.390 e. The smallest absolute Gasteiger partial charge is 0.110 e. The lowest BCUT2D eigenvalue weighted by Crippen LogP contribution is -2.28. The summed E-state index contributed by atoms with van der Waals surface area (Å²) < 4.78 is 4.89. The van der Waals surface area contributed by atoms with Gasteiger partial charge in [-0.1, -0.05) is 0 Å². The molecule has 3 atom stereocenters. The number of aliphatic hydroxyl groups excluding tert-OH is 1. The van der Waals surface area contributed by atoms with Crippen molar-refractivity contribution < 1.29 is 9.84 Å². The van der Waals surface area contributed by atoms with Crippen LogP contribution >= 0.6 is 0 Å². The second kappa shape index (κ2) is 0.634. The summed E-state index contributed by atoms with van der Waals surface area (Å²) in [6.45, 7) is 0. The highest BCUT2D eigenvalue weighted by molar-refractivity contribution is 5.03. The molecular formula is C4H6O2. The van der Waals surface area contributed by atoms with Crippen molar-refractivity contribution in [1.82, 2.24) is 0 Å². The first-order valence-corrected chi connectivity index (χ1v) is 2.21. The maximum absolute atomic E-state index is 8.63. The monoisotopic (exact) mass is 86.0 g/mol. The molecule has 1 N–H and O–H groups in total. The van der Waals surface area contributed by atoms with Gasteiger partial charge in [-0.15, -0.1) is 0 Å². The first-order chi connectivity index (χ1) is 2.88. The molecule has 0 aromatic carbocycles. The van der Waals surface area contributed by atoms with E-state index in [1.807, 2.05) is 0 Å². The van der Waals surface area contributed by atoms with E-state index < -0.39 is 0 Å². The van der Waals surface area contributed by atoms with Gasteiger partial charge in [0.25, 0.3) is 0 Å². The molecular weight excluding hydrogens is 80.0 g/mol. The Bertz CT molecular complexity index is 81.6. The minimum atomic E-state index is -0.116. The van der Waals surface area contributed by atoms with Crippen LogP contribution in [0.1, 0.15) is 6.42 Å². The van der Waals surface area contributed by atoms with Crippen LogP contribution in [0.3, 0.4) is 0 Å².